The van der Waals surface area contributed by atoms with Gasteiger partial charge in [-0.05, 0) is 42.0 Å². The van der Waals surface area contributed by atoms with Gasteiger partial charge in [0, 0.05) is 22.0 Å². The minimum Gasteiger partial charge on any atom is -0.356 e. The van der Waals surface area contributed by atoms with Gasteiger partial charge >= 0.3 is 0 Å². The van der Waals surface area contributed by atoms with Gasteiger partial charge in [-0.15, -0.1) is 11.8 Å². The Balaban J connectivity index is 1.59. The van der Waals surface area contributed by atoms with Gasteiger partial charge in [0.2, 0.25) is 0 Å². The van der Waals surface area contributed by atoms with Crippen LogP contribution in [0.1, 0.15) is 5.56 Å². The van der Waals surface area contributed by atoms with E-state index in [4.69, 9.17) is 0 Å². The molecule has 0 radical (unpaired) electrons. The smallest absolute Gasteiger partial charge is 0.0385 e. The second kappa shape index (κ2) is 7.00. The summed E-state index contributed by atoms with van der Waals surface area (Å²) in [5, 5.41) is 3.40. The van der Waals surface area contributed by atoms with Crippen LogP contribution in [0.4, 0.5) is 11.4 Å². The number of anilines is 2. The van der Waals surface area contributed by atoms with Crippen LogP contribution >= 0.6 is 11.8 Å². The first-order valence-electron chi connectivity index (χ1n) is 6.99. The van der Waals surface area contributed by atoms with Crippen molar-refractivity contribution in [2.24, 2.45) is 0 Å². The molecule has 0 aliphatic rings. The van der Waals surface area contributed by atoms with Crippen molar-refractivity contribution in [3.63, 3.8) is 0 Å². The maximum absolute atomic E-state index is 3.40. The topological polar surface area (TPSA) is 12.0 Å². The maximum atomic E-state index is 3.40. The number of thioether (sulfide) groups is 1. The van der Waals surface area contributed by atoms with Gasteiger partial charge in [0.1, 0.15) is 0 Å². The normalized spacial score (nSPS) is 10.3. The predicted molar refractivity (Wildman–Crippen MR) is 92.2 cm³/mol. The van der Waals surface area contributed by atoms with E-state index in [0.29, 0.717) is 0 Å². The van der Waals surface area contributed by atoms with Crippen molar-refractivity contribution >= 4 is 23.1 Å². The zero-order valence-electron chi connectivity index (χ0n) is 11.7. The first-order chi connectivity index (χ1) is 10.4. The van der Waals surface area contributed by atoms with Crippen molar-refractivity contribution < 1.29 is 0 Å². The molecular weight excluding hydrogens is 274 g/mol. The number of hydrogen-bond donors (Lipinski definition) is 1. The molecule has 0 atom stereocenters. The summed E-state index contributed by atoms with van der Waals surface area (Å²) in [7, 11) is 0. The zero-order chi connectivity index (χ0) is 14.3. The Bertz CT molecular complexity index is 663. The lowest BCUT2D eigenvalue weighted by Crippen LogP contribution is -1.89. The van der Waals surface area contributed by atoms with Crippen molar-refractivity contribution in [1.82, 2.24) is 0 Å². The Kier molecular flexibility index (Phi) is 4.59. The van der Waals surface area contributed by atoms with Crippen LogP contribution < -0.4 is 5.32 Å². The van der Waals surface area contributed by atoms with Gasteiger partial charge in [0.25, 0.3) is 0 Å². The van der Waals surface area contributed by atoms with Gasteiger partial charge in [0.15, 0.2) is 0 Å². The Morgan fingerprint density at radius 3 is 1.86 bits per heavy atom. The highest BCUT2D eigenvalue weighted by molar-refractivity contribution is 7.98. The predicted octanol–water partition coefficient (Wildman–Crippen LogP) is 5.72. The molecule has 0 unspecified atom stereocenters. The molecule has 0 bridgehead atoms. The SMILES string of the molecule is c1ccc(CSc2ccc(Nc3ccccc3)cc2)cc1. The molecule has 21 heavy (non-hydrogen) atoms. The molecule has 0 aliphatic heterocycles. The molecule has 1 N–H and O–H groups in total. The fourth-order valence-corrected chi connectivity index (χ4v) is 2.92. The molecule has 0 saturated carbocycles. The molecule has 2 heteroatoms. The summed E-state index contributed by atoms with van der Waals surface area (Å²) in [4.78, 5) is 1.29. The number of rotatable bonds is 5. The highest BCUT2D eigenvalue weighted by atomic mass is 32.2. The van der Waals surface area contributed by atoms with Crippen LogP contribution in [0.2, 0.25) is 0 Å². The molecule has 0 saturated heterocycles. The number of nitrogens with one attached hydrogen (secondary N) is 1. The fourth-order valence-electron chi connectivity index (χ4n) is 2.06. The van der Waals surface area contributed by atoms with E-state index in [1.54, 1.807) is 0 Å². The summed E-state index contributed by atoms with van der Waals surface area (Å²) >= 11 is 1.86. The van der Waals surface area contributed by atoms with Crippen LogP contribution in [-0.2, 0) is 5.75 Å². The molecule has 3 aromatic carbocycles. The van der Waals surface area contributed by atoms with E-state index in [-0.39, 0.29) is 0 Å². The van der Waals surface area contributed by atoms with Crippen LogP contribution in [0.15, 0.2) is 89.8 Å². The molecule has 0 amide bonds. The molecule has 0 spiro atoms. The third-order valence-electron chi connectivity index (χ3n) is 3.17. The van der Waals surface area contributed by atoms with Crippen molar-refractivity contribution in [1.29, 1.82) is 0 Å². The summed E-state index contributed by atoms with van der Waals surface area (Å²) in [6.45, 7) is 0. The summed E-state index contributed by atoms with van der Waals surface area (Å²) in [5.74, 6) is 1.01. The van der Waals surface area contributed by atoms with E-state index < -0.39 is 0 Å². The second-order valence-electron chi connectivity index (χ2n) is 4.79. The average molecular weight is 291 g/mol. The first kappa shape index (κ1) is 13.8. The molecule has 104 valence electrons. The van der Waals surface area contributed by atoms with Crippen molar-refractivity contribution in [2.75, 3.05) is 5.32 Å². The minimum atomic E-state index is 1.01. The van der Waals surface area contributed by atoms with Crippen LogP contribution in [0.3, 0.4) is 0 Å². The monoisotopic (exact) mass is 291 g/mol. The van der Waals surface area contributed by atoms with Crippen molar-refractivity contribution in [3.8, 4) is 0 Å². The quantitative estimate of drug-likeness (QED) is 0.603. The maximum Gasteiger partial charge on any atom is 0.0385 e. The third-order valence-corrected chi connectivity index (χ3v) is 4.25. The highest BCUT2D eigenvalue weighted by Gasteiger charge is 1.98. The molecule has 3 rings (SSSR count). The van der Waals surface area contributed by atoms with E-state index in [1.807, 2.05) is 30.0 Å². The van der Waals surface area contributed by atoms with E-state index in [0.717, 1.165) is 17.1 Å². The van der Waals surface area contributed by atoms with Gasteiger partial charge in [0.05, 0.1) is 0 Å². The largest absolute Gasteiger partial charge is 0.356 e. The Labute approximate surface area is 130 Å². The van der Waals surface area contributed by atoms with Crippen LogP contribution in [0, 0.1) is 0 Å². The van der Waals surface area contributed by atoms with Gasteiger partial charge in [-0.3, -0.25) is 0 Å². The lowest BCUT2D eigenvalue weighted by atomic mass is 10.2. The summed E-state index contributed by atoms with van der Waals surface area (Å²) in [6, 6.07) is 29.4. The van der Waals surface area contributed by atoms with Crippen LogP contribution in [0.5, 0.6) is 0 Å². The second-order valence-corrected chi connectivity index (χ2v) is 5.84. The van der Waals surface area contributed by atoms with Gasteiger partial charge in [-0.25, -0.2) is 0 Å². The van der Waals surface area contributed by atoms with Crippen LogP contribution in [0.25, 0.3) is 0 Å². The Morgan fingerprint density at radius 1 is 0.619 bits per heavy atom. The Hall–Kier alpha value is -2.19. The van der Waals surface area contributed by atoms with E-state index in [9.17, 15) is 0 Å². The summed E-state index contributed by atoms with van der Waals surface area (Å²) in [6.07, 6.45) is 0. The lowest BCUT2D eigenvalue weighted by molar-refractivity contribution is 1.38. The van der Waals surface area contributed by atoms with E-state index in [1.165, 1.54) is 10.5 Å². The van der Waals surface area contributed by atoms with Gasteiger partial charge in [-0.2, -0.15) is 0 Å². The first-order valence-corrected chi connectivity index (χ1v) is 7.97. The molecule has 0 fully saturated rings. The standard InChI is InChI=1S/C19H17NS/c1-3-7-16(8-4-1)15-21-19-13-11-18(12-14-19)20-17-9-5-2-6-10-17/h1-14,20H,15H2. The fraction of sp³-hybridized carbons (Fsp3) is 0.0526. The summed E-state index contributed by atoms with van der Waals surface area (Å²) < 4.78 is 0. The van der Waals surface area contributed by atoms with E-state index in [2.05, 4.69) is 72.0 Å². The van der Waals surface area contributed by atoms with Crippen LogP contribution in [-0.4, -0.2) is 0 Å². The Morgan fingerprint density at radius 2 is 1.19 bits per heavy atom. The number of hydrogen-bond acceptors (Lipinski definition) is 2. The highest BCUT2D eigenvalue weighted by Crippen LogP contribution is 2.25. The summed E-state index contributed by atoms with van der Waals surface area (Å²) in [5.41, 5.74) is 3.58. The molecule has 0 aliphatic carbocycles. The molecule has 1 nitrogen and oxygen atoms in total. The van der Waals surface area contributed by atoms with Crippen molar-refractivity contribution in [2.45, 2.75) is 10.6 Å². The van der Waals surface area contributed by atoms with E-state index >= 15 is 0 Å². The molecule has 0 heterocycles. The molecular formula is C19H17NS. The number of benzene rings is 3. The number of para-hydroxylation sites is 1. The minimum absolute atomic E-state index is 1.01. The van der Waals surface area contributed by atoms with Crippen molar-refractivity contribution in [3.05, 3.63) is 90.5 Å². The van der Waals surface area contributed by atoms with Gasteiger partial charge < -0.3 is 5.32 Å². The van der Waals surface area contributed by atoms with Gasteiger partial charge in [-0.1, -0.05) is 48.5 Å². The molecule has 0 aromatic heterocycles. The molecule has 3 aromatic rings. The lowest BCUT2D eigenvalue weighted by Gasteiger charge is -2.07. The third kappa shape index (κ3) is 4.14. The zero-order valence-corrected chi connectivity index (χ0v) is 12.5. The average Bonchev–Trinajstić information content (AvgIpc) is 2.56.